The quantitative estimate of drug-likeness (QED) is 0.301. The van der Waals surface area contributed by atoms with Crippen molar-refractivity contribution in [2.24, 2.45) is 0 Å². The van der Waals surface area contributed by atoms with Crippen molar-refractivity contribution in [2.75, 3.05) is 11.9 Å². The number of alkyl halides is 4. The number of benzene rings is 1. The molecule has 8 nitrogen and oxygen atoms in total. The Morgan fingerprint density at radius 2 is 1.72 bits per heavy atom. The number of nitro groups is 2. The maximum atomic E-state index is 12.9. The first kappa shape index (κ1) is 21.0. The molecule has 1 atom stereocenters. The van der Waals surface area contributed by atoms with Gasteiger partial charge in [-0.25, -0.2) is 0 Å². The summed E-state index contributed by atoms with van der Waals surface area (Å²) in [5.41, 5.74) is -2.72. The first-order valence-corrected chi connectivity index (χ1v) is 6.92. The summed E-state index contributed by atoms with van der Waals surface area (Å²) >= 11 is 11.5. The van der Waals surface area contributed by atoms with Gasteiger partial charge in [0.1, 0.15) is 5.75 Å². The van der Waals surface area contributed by atoms with Crippen LogP contribution in [-0.2, 0) is 0 Å². The average Bonchev–Trinajstić information content (AvgIpc) is 2.41. The van der Waals surface area contributed by atoms with Gasteiger partial charge in [-0.05, 0) is 0 Å². The number of anilines is 1. The lowest BCUT2D eigenvalue weighted by Crippen LogP contribution is -2.49. The fraction of sp³-hybridized carbons (Fsp3) is 0.455. The van der Waals surface area contributed by atoms with Crippen LogP contribution in [0.25, 0.3) is 0 Å². The summed E-state index contributed by atoms with van der Waals surface area (Å²) in [6.07, 6.45) is -8.94. The molecule has 0 saturated heterocycles. The minimum Gasteiger partial charge on any atom is -0.428 e. The lowest BCUT2D eigenvalue weighted by molar-refractivity contribution is -0.615. The van der Waals surface area contributed by atoms with Gasteiger partial charge in [0.2, 0.25) is 0 Å². The Bertz CT molecular complexity index is 671. The lowest BCUT2D eigenvalue weighted by Gasteiger charge is -2.22. The van der Waals surface area contributed by atoms with Gasteiger partial charge in [-0.2, -0.15) is 17.6 Å². The highest BCUT2D eigenvalue weighted by Gasteiger charge is 2.45. The third-order valence-electron chi connectivity index (χ3n) is 2.76. The molecule has 0 aliphatic heterocycles. The number of ether oxygens (including phenoxy) is 1. The van der Waals surface area contributed by atoms with Crippen LogP contribution in [0, 0.1) is 20.2 Å². The summed E-state index contributed by atoms with van der Waals surface area (Å²) in [7, 11) is 0. The van der Waals surface area contributed by atoms with Gasteiger partial charge in [-0.1, -0.05) is 23.2 Å². The van der Waals surface area contributed by atoms with Crippen molar-refractivity contribution in [3.05, 3.63) is 42.4 Å². The van der Waals surface area contributed by atoms with Gasteiger partial charge in [0, 0.05) is 24.0 Å². The number of rotatable bonds is 8. The van der Waals surface area contributed by atoms with Gasteiger partial charge in [0.15, 0.2) is 0 Å². The Morgan fingerprint density at radius 3 is 2.08 bits per heavy atom. The first-order chi connectivity index (χ1) is 11.3. The molecule has 1 N–H and O–H groups in total. The third kappa shape index (κ3) is 5.19. The molecule has 1 aromatic carbocycles. The number of nitrogens with zero attached hydrogens (tertiary/aromatic N) is 2. The SMILES string of the molecule is CC(C[N+](=O)[O-])(Nc1c(Cl)cc(OC(F)(F)C(F)F)cc1Cl)[N+](=O)[O-]. The molecule has 0 aliphatic rings. The second kappa shape index (κ2) is 7.44. The standard InChI is InChI=1S/C11H9Cl2F4N3O5/c1-10(20(23)24,4-19(21)22)18-8-6(12)2-5(3-7(8)13)25-11(16,17)9(14)15/h2-3,9,18H,4H2,1H3. The van der Waals surface area contributed by atoms with Crippen molar-refractivity contribution >= 4 is 28.9 Å². The summed E-state index contributed by atoms with van der Waals surface area (Å²) in [6, 6.07) is 1.30. The van der Waals surface area contributed by atoms with E-state index >= 15 is 0 Å². The number of hydrogen-bond donors (Lipinski definition) is 1. The minimum atomic E-state index is -4.82. The molecule has 0 bridgehead atoms. The molecular weight excluding hydrogens is 401 g/mol. The van der Waals surface area contributed by atoms with Crippen molar-refractivity contribution in [1.29, 1.82) is 0 Å². The van der Waals surface area contributed by atoms with Gasteiger partial charge in [-0.3, -0.25) is 20.2 Å². The van der Waals surface area contributed by atoms with E-state index in [1.165, 1.54) is 0 Å². The highest BCUT2D eigenvalue weighted by atomic mass is 35.5. The smallest absolute Gasteiger partial charge is 0.428 e. The number of halogens is 6. The molecule has 14 heteroatoms. The predicted molar refractivity (Wildman–Crippen MR) is 78.9 cm³/mol. The van der Waals surface area contributed by atoms with Gasteiger partial charge in [-0.15, -0.1) is 0 Å². The molecule has 0 spiro atoms. The summed E-state index contributed by atoms with van der Waals surface area (Å²) < 4.78 is 53.8. The van der Waals surface area contributed by atoms with Crippen molar-refractivity contribution < 1.29 is 32.1 Å². The second-order valence-corrected chi connectivity index (χ2v) is 5.69. The molecule has 0 saturated carbocycles. The number of hydrogen-bond acceptors (Lipinski definition) is 6. The van der Waals surface area contributed by atoms with Crippen LogP contribution in [-0.4, -0.2) is 34.6 Å². The normalized spacial score (nSPS) is 14.1. The largest absolute Gasteiger partial charge is 0.461 e. The van der Waals surface area contributed by atoms with Crippen molar-refractivity contribution in [1.82, 2.24) is 0 Å². The highest BCUT2D eigenvalue weighted by Crippen LogP contribution is 2.38. The van der Waals surface area contributed by atoms with Crippen LogP contribution in [0.3, 0.4) is 0 Å². The van der Waals surface area contributed by atoms with Crippen LogP contribution in [0.4, 0.5) is 23.2 Å². The van der Waals surface area contributed by atoms with Crippen LogP contribution >= 0.6 is 23.2 Å². The molecular formula is C11H9Cl2F4N3O5. The van der Waals surface area contributed by atoms with Gasteiger partial charge in [0.25, 0.3) is 6.54 Å². The van der Waals surface area contributed by atoms with Gasteiger partial charge >= 0.3 is 18.2 Å². The zero-order chi connectivity index (χ0) is 19.6. The van der Waals surface area contributed by atoms with E-state index in [-0.39, 0.29) is 0 Å². The summed E-state index contributed by atoms with van der Waals surface area (Å²) in [6.45, 7) is -0.286. The fourth-order valence-corrected chi connectivity index (χ4v) is 2.16. The van der Waals surface area contributed by atoms with E-state index in [0.29, 0.717) is 12.1 Å². The predicted octanol–water partition coefficient (Wildman–Crippen LogP) is 3.91. The summed E-state index contributed by atoms with van der Waals surface area (Å²) in [5.74, 6) is -0.831. The second-order valence-electron chi connectivity index (χ2n) is 4.87. The topological polar surface area (TPSA) is 108 Å². The molecule has 1 unspecified atom stereocenters. The molecule has 140 valence electrons. The molecule has 0 heterocycles. The van der Waals surface area contributed by atoms with Crippen molar-refractivity contribution in [3.8, 4) is 5.75 Å². The molecule has 25 heavy (non-hydrogen) atoms. The van der Waals surface area contributed by atoms with Crippen molar-refractivity contribution in [2.45, 2.75) is 25.1 Å². The zero-order valence-corrected chi connectivity index (χ0v) is 13.7. The molecule has 0 aliphatic carbocycles. The Hall–Kier alpha value is -2.08. The maximum absolute atomic E-state index is 12.9. The van der Waals surface area contributed by atoms with E-state index in [1.807, 2.05) is 0 Å². The first-order valence-electron chi connectivity index (χ1n) is 6.17. The third-order valence-corrected chi connectivity index (χ3v) is 3.35. The summed E-state index contributed by atoms with van der Waals surface area (Å²) in [4.78, 5) is 19.7. The molecule has 0 amide bonds. The van der Waals surface area contributed by atoms with Gasteiger partial charge < -0.3 is 10.1 Å². The fourth-order valence-electron chi connectivity index (χ4n) is 1.59. The van der Waals surface area contributed by atoms with E-state index in [1.54, 1.807) is 0 Å². The van der Waals surface area contributed by atoms with Crippen LogP contribution in [0.5, 0.6) is 5.75 Å². The average molecular weight is 410 g/mol. The lowest BCUT2D eigenvalue weighted by atomic mass is 10.2. The van der Waals surface area contributed by atoms with Gasteiger partial charge in [0.05, 0.1) is 20.7 Å². The minimum absolute atomic E-state index is 0.392. The monoisotopic (exact) mass is 409 g/mol. The van der Waals surface area contributed by atoms with Crippen molar-refractivity contribution in [3.63, 3.8) is 0 Å². The summed E-state index contributed by atoms with van der Waals surface area (Å²) in [5, 5.41) is 22.8. The van der Waals surface area contributed by atoms with Crippen LogP contribution in [0.1, 0.15) is 6.92 Å². The van der Waals surface area contributed by atoms with E-state index in [2.05, 4.69) is 10.1 Å². The molecule has 0 radical (unpaired) electrons. The zero-order valence-electron chi connectivity index (χ0n) is 12.1. The molecule has 1 aromatic rings. The Kier molecular flexibility index (Phi) is 6.23. The molecule has 1 rings (SSSR count). The Labute approximate surface area is 146 Å². The maximum Gasteiger partial charge on any atom is 0.461 e. The van der Waals surface area contributed by atoms with E-state index in [4.69, 9.17) is 23.2 Å². The Balaban J connectivity index is 3.19. The van der Waals surface area contributed by atoms with E-state index < -0.39 is 56.1 Å². The van der Waals surface area contributed by atoms with E-state index in [9.17, 15) is 37.8 Å². The highest BCUT2D eigenvalue weighted by molar-refractivity contribution is 6.39. The van der Waals surface area contributed by atoms with Crippen LogP contribution < -0.4 is 10.1 Å². The van der Waals surface area contributed by atoms with Crippen LogP contribution in [0.2, 0.25) is 10.0 Å². The molecule has 0 aromatic heterocycles. The van der Waals surface area contributed by atoms with E-state index in [0.717, 1.165) is 6.92 Å². The van der Waals surface area contributed by atoms with Crippen LogP contribution in [0.15, 0.2) is 12.1 Å². The Morgan fingerprint density at radius 1 is 1.24 bits per heavy atom. The number of nitrogens with one attached hydrogen (secondary N) is 1. The molecule has 0 fully saturated rings.